The molecule has 0 radical (unpaired) electrons. The van der Waals surface area contributed by atoms with Gasteiger partial charge in [-0.05, 0) is 44.5 Å². The van der Waals surface area contributed by atoms with Crippen molar-refractivity contribution >= 4 is 11.8 Å². The molecule has 2 N–H and O–H groups in total. The molecule has 6 heteroatoms. The second-order valence-corrected chi connectivity index (χ2v) is 5.70. The Morgan fingerprint density at radius 1 is 0.923 bits per heavy atom. The molecule has 0 fully saturated rings. The van der Waals surface area contributed by atoms with E-state index in [9.17, 15) is 9.59 Å². The Bertz CT molecular complexity index is 729. The van der Waals surface area contributed by atoms with Crippen molar-refractivity contribution in [1.82, 2.24) is 10.9 Å². The summed E-state index contributed by atoms with van der Waals surface area (Å²) in [6.07, 6.45) is 0.762. The van der Waals surface area contributed by atoms with E-state index in [-0.39, 0.29) is 18.2 Å². The van der Waals surface area contributed by atoms with Crippen molar-refractivity contribution in [2.45, 2.75) is 26.7 Å². The first-order valence-electron chi connectivity index (χ1n) is 8.60. The van der Waals surface area contributed by atoms with Gasteiger partial charge in [-0.25, -0.2) is 0 Å². The maximum atomic E-state index is 11.9. The molecule has 0 aromatic heterocycles. The smallest absolute Gasteiger partial charge is 0.269 e. The van der Waals surface area contributed by atoms with E-state index in [2.05, 4.69) is 10.9 Å². The first-order valence-corrected chi connectivity index (χ1v) is 8.60. The third kappa shape index (κ3) is 6.12. The second-order valence-electron chi connectivity index (χ2n) is 5.70. The first kappa shape index (κ1) is 19.3. The summed E-state index contributed by atoms with van der Waals surface area (Å²) in [5.41, 5.74) is 6.37. The molecular weight excluding hydrogens is 332 g/mol. The molecule has 2 amide bonds. The number of carbonyl (C=O) groups excluding carboxylic acids is 2. The number of amides is 2. The number of nitrogens with one attached hydrogen (secondary N) is 2. The minimum absolute atomic E-state index is 0.241. The quantitative estimate of drug-likeness (QED) is 0.563. The van der Waals surface area contributed by atoms with Gasteiger partial charge in [0, 0.05) is 12.0 Å². The van der Waals surface area contributed by atoms with Gasteiger partial charge in [-0.15, -0.1) is 0 Å². The van der Waals surface area contributed by atoms with Crippen molar-refractivity contribution < 1.29 is 19.1 Å². The number of rotatable bonds is 8. The molecule has 0 bridgehead atoms. The van der Waals surface area contributed by atoms with Crippen LogP contribution in [0, 0.1) is 6.92 Å². The highest BCUT2D eigenvalue weighted by Gasteiger charge is 2.08. The number of hydrogen-bond donors (Lipinski definition) is 2. The molecule has 2 aromatic rings. The van der Waals surface area contributed by atoms with Gasteiger partial charge in [0.2, 0.25) is 5.91 Å². The zero-order valence-electron chi connectivity index (χ0n) is 15.1. The molecule has 0 aliphatic carbocycles. The van der Waals surface area contributed by atoms with E-state index in [1.807, 2.05) is 50.2 Å². The maximum absolute atomic E-state index is 11.9. The van der Waals surface area contributed by atoms with Crippen LogP contribution in [0.25, 0.3) is 0 Å². The molecule has 6 nitrogen and oxygen atoms in total. The lowest BCUT2D eigenvalue weighted by Gasteiger charge is -2.11. The molecule has 138 valence electrons. The predicted molar refractivity (Wildman–Crippen MR) is 99.1 cm³/mol. The Morgan fingerprint density at radius 3 is 2.23 bits per heavy atom. The fourth-order valence-corrected chi connectivity index (χ4v) is 2.23. The van der Waals surface area contributed by atoms with E-state index >= 15 is 0 Å². The van der Waals surface area contributed by atoms with Gasteiger partial charge in [0.05, 0.1) is 13.2 Å². The van der Waals surface area contributed by atoms with Crippen molar-refractivity contribution in [1.29, 1.82) is 0 Å². The van der Waals surface area contributed by atoms with Crippen LogP contribution < -0.4 is 20.3 Å². The summed E-state index contributed by atoms with van der Waals surface area (Å²) >= 11 is 0. The van der Waals surface area contributed by atoms with Gasteiger partial charge in [0.15, 0.2) is 11.5 Å². The summed E-state index contributed by atoms with van der Waals surface area (Å²) in [6, 6.07) is 14.5. The Kier molecular flexibility index (Phi) is 7.49. The lowest BCUT2D eigenvalue weighted by Crippen LogP contribution is -2.41. The van der Waals surface area contributed by atoms with Crippen molar-refractivity contribution in [3.05, 3.63) is 59.7 Å². The van der Waals surface area contributed by atoms with Gasteiger partial charge in [-0.3, -0.25) is 20.4 Å². The molecule has 2 aromatic carbocycles. The monoisotopic (exact) mass is 356 g/mol. The highest BCUT2D eigenvalue weighted by atomic mass is 16.5. The average molecular weight is 356 g/mol. The van der Waals surface area contributed by atoms with E-state index < -0.39 is 0 Å². The largest absolute Gasteiger partial charge is 0.490 e. The van der Waals surface area contributed by atoms with Crippen molar-refractivity contribution in [2.24, 2.45) is 0 Å². The highest BCUT2D eigenvalue weighted by molar-refractivity contribution is 5.95. The third-order valence-electron chi connectivity index (χ3n) is 3.58. The Morgan fingerprint density at radius 2 is 1.58 bits per heavy atom. The minimum Gasteiger partial charge on any atom is -0.490 e. The van der Waals surface area contributed by atoms with Crippen LogP contribution in [0.4, 0.5) is 0 Å². The summed E-state index contributed by atoms with van der Waals surface area (Å²) in [5.74, 6) is 0.722. The zero-order valence-corrected chi connectivity index (χ0v) is 15.1. The average Bonchev–Trinajstić information content (AvgIpc) is 2.65. The number of hydrogen-bond acceptors (Lipinski definition) is 4. The van der Waals surface area contributed by atoms with Gasteiger partial charge in [0.1, 0.15) is 0 Å². The SMILES string of the molecule is CCOc1ccccc1OCCCC(=O)NNC(=O)c1ccc(C)cc1. The van der Waals surface area contributed by atoms with Gasteiger partial charge in [-0.1, -0.05) is 29.8 Å². The molecule has 0 heterocycles. The summed E-state index contributed by atoms with van der Waals surface area (Å²) in [4.78, 5) is 23.7. The molecule has 0 saturated carbocycles. The van der Waals surface area contributed by atoms with E-state index in [0.717, 1.165) is 5.56 Å². The molecule has 0 spiro atoms. The standard InChI is InChI=1S/C20H24N2O4/c1-3-25-17-7-4-5-8-18(17)26-14-6-9-19(23)21-22-20(24)16-12-10-15(2)11-13-16/h4-5,7-8,10-13H,3,6,9,14H2,1-2H3,(H,21,23)(H,22,24). The molecule has 0 aliphatic heterocycles. The maximum Gasteiger partial charge on any atom is 0.269 e. The van der Waals surface area contributed by atoms with E-state index in [1.54, 1.807) is 12.1 Å². The number of hydrazine groups is 1. The van der Waals surface area contributed by atoms with Crippen LogP contribution in [-0.2, 0) is 4.79 Å². The highest BCUT2D eigenvalue weighted by Crippen LogP contribution is 2.26. The van der Waals surface area contributed by atoms with Crippen LogP contribution in [0.15, 0.2) is 48.5 Å². The summed E-state index contributed by atoms with van der Waals surface area (Å²) < 4.78 is 11.1. The summed E-state index contributed by atoms with van der Waals surface area (Å²) in [6.45, 7) is 4.79. The van der Waals surface area contributed by atoms with Crippen LogP contribution >= 0.6 is 0 Å². The van der Waals surface area contributed by atoms with Crippen LogP contribution in [0.2, 0.25) is 0 Å². The van der Waals surface area contributed by atoms with Gasteiger partial charge < -0.3 is 9.47 Å². The van der Waals surface area contributed by atoms with E-state index in [4.69, 9.17) is 9.47 Å². The number of ether oxygens (including phenoxy) is 2. The lowest BCUT2D eigenvalue weighted by atomic mass is 10.1. The Hall–Kier alpha value is -3.02. The van der Waals surface area contributed by atoms with Crippen LogP contribution in [-0.4, -0.2) is 25.0 Å². The normalized spacial score (nSPS) is 10.1. The van der Waals surface area contributed by atoms with Crippen LogP contribution in [0.1, 0.15) is 35.7 Å². The fraction of sp³-hybridized carbons (Fsp3) is 0.300. The topological polar surface area (TPSA) is 76.7 Å². The van der Waals surface area contributed by atoms with Gasteiger partial charge in [0.25, 0.3) is 5.91 Å². The van der Waals surface area contributed by atoms with Crippen LogP contribution in [0.5, 0.6) is 11.5 Å². The molecule has 0 aliphatic rings. The van der Waals surface area contributed by atoms with Crippen molar-refractivity contribution in [3.8, 4) is 11.5 Å². The van der Waals surface area contributed by atoms with Crippen molar-refractivity contribution in [3.63, 3.8) is 0 Å². The third-order valence-corrected chi connectivity index (χ3v) is 3.58. The van der Waals surface area contributed by atoms with Crippen LogP contribution in [0.3, 0.4) is 0 Å². The lowest BCUT2D eigenvalue weighted by molar-refractivity contribution is -0.122. The number of para-hydroxylation sites is 2. The molecule has 0 atom stereocenters. The Labute approximate surface area is 153 Å². The minimum atomic E-state index is -0.347. The molecule has 0 saturated heterocycles. The molecule has 26 heavy (non-hydrogen) atoms. The predicted octanol–water partition coefficient (Wildman–Crippen LogP) is 3.01. The molecule has 0 unspecified atom stereocenters. The van der Waals surface area contributed by atoms with Crippen molar-refractivity contribution in [2.75, 3.05) is 13.2 Å². The van der Waals surface area contributed by atoms with Gasteiger partial charge in [-0.2, -0.15) is 0 Å². The summed E-state index contributed by atoms with van der Waals surface area (Å²) in [5, 5.41) is 0. The Balaban J connectivity index is 1.68. The van der Waals surface area contributed by atoms with E-state index in [0.29, 0.717) is 36.7 Å². The number of aryl methyl sites for hydroxylation is 1. The zero-order chi connectivity index (χ0) is 18.8. The first-order chi connectivity index (χ1) is 12.6. The molecule has 2 rings (SSSR count). The number of carbonyl (C=O) groups is 2. The fourth-order valence-electron chi connectivity index (χ4n) is 2.23. The number of benzene rings is 2. The second kappa shape index (κ2) is 10.1. The van der Waals surface area contributed by atoms with Gasteiger partial charge >= 0.3 is 0 Å². The summed E-state index contributed by atoms with van der Waals surface area (Å²) in [7, 11) is 0. The molecular formula is C20H24N2O4. The van der Waals surface area contributed by atoms with E-state index in [1.165, 1.54) is 0 Å².